The molecule has 0 aliphatic heterocycles. The lowest BCUT2D eigenvalue weighted by atomic mass is 10.2. The number of benzene rings is 1. The second-order valence-corrected chi connectivity index (χ2v) is 4.94. The van der Waals surface area contributed by atoms with E-state index < -0.39 is 0 Å². The number of nitrogens with zero attached hydrogens (tertiary/aromatic N) is 3. The van der Waals surface area contributed by atoms with Crippen molar-refractivity contribution in [1.82, 2.24) is 10.4 Å². The van der Waals surface area contributed by atoms with Crippen LogP contribution in [0.25, 0.3) is 0 Å². The van der Waals surface area contributed by atoms with E-state index in [1.165, 1.54) is 6.20 Å². The third-order valence-electron chi connectivity index (χ3n) is 2.78. The lowest BCUT2D eigenvalue weighted by molar-refractivity contribution is 0.0955. The van der Waals surface area contributed by atoms with Crippen LogP contribution in [0.5, 0.6) is 0 Å². The van der Waals surface area contributed by atoms with Crippen LogP contribution in [0, 0.1) is 0 Å². The van der Waals surface area contributed by atoms with Gasteiger partial charge in [-0.1, -0.05) is 23.7 Å². The summed E-state index contributed by atoms with van der Waals surface area (Å²) in [6, 6.07) is 11.0. The lowest BCUT2D eigenvalue weighted by Crippen LogP contribution is -2.17. The van der Waals surface area contributed by atoms with Gasteiger partial charge in [0.25, 0.3) is 5.91 Å². The topological polar surface area (TPSA) is 89.1 Å². The minimum absolute atomic E-state index is 0. The highest BCUT2D eigenvalue weighted by Gasteiger charge is 2.03. The van der Waals surface area contributed by atoms with Gasteiger partial charge in [0, 0.05) is 26.0 Å². The number of halogens is 1. The molecule has 6 nitrogen and oxygen atoms in total. The van der Waals surface area contributed by atoms with E-state index in [0.29, 0.717) is 10.7 Å². The van der Waals surface area contributed by atoms with E-state index in [0.717, 1.165) is 11.3 Å². The summed E-state index contributed by atoms with van der Waals surface area (Å²) < 4.78 is 0. The molecule has 0 radical (unpaired) electrons. The van der Waals surface area contributed by atoms with Crippen LogP contribution < -0.4 is 10.3 Å². The smallest absolute Gasteiger partial charge is 0.272 e. The first kappa shape index (κ1) is 17.6. The Kier molecular flexibility index (Phi) is 6.49. The average molecular weight is 321 g/mol. The van der Waals surface area contributed by atoms with Crippen molar-refractivity contribution in [3.8, 4) is 0 Å². The molecule has 0 bridgehead atoms. The fourth-order valence-electron chi connectivity index (χ4n) is 1.60. The summed E-state index contributed by atoms with van der Waals surface area (Å²) in [6.07, 6.45) is 2.99. The first-order chi connectivity index (χ1) is 10.1. The van der Waals surface area contributed by atoms with Gasteiger partial charge in [-0.15, -0.1) is 0 Å². The first-order valence-electron chi connectivity index (χ1n) is 6.28. The Morgan fingerprint density at radius 2 is 1.91 bits per heavy atom. The highest BCUT2D eigenvalue weighted by Crippen LogP contribution is 2.10. The molecule has 116 valence electrons. The van der Waals surface area contributed by atoms with E-state index in [1.807, 2.05) is 43.3 Å². The van der Waals surface area contributed by atoms with Crippen molar-refractivity contribution >= 4 is 29.4 Å². The zero-order chi connectivity index (χ0) is 15.2. The van der Waals surface area contributed by atoms with Gasteiger partial charge in [0.1, 0.15) is 5.15 Å². The third-order valence-corrected chi connectivity index (χ3v) is 3.00. The number of pyridine rings is 1. The van der Waals surface area contributed by atoms with E-state index in [9.17, 15) is 4.79 Å². The Morgan fingerprint density at radius 3 is 2.45 bits per heavy atom. The predicted octanol–water partition coefficient (Wildman–Crippen LogP) is 1.74. The van der Waals surface area contributed by atoms with Crippen molar-refractivity contribution < 1.29 is 10.3 Å². The van der Waals surface area contributed by atoms with Gasteiger partial charge in [-0.2, -0.15) is 5.10 Å². The molecule has 0 fully saturated rings. The summed E-state index contributed by atoms with van der Waals surface area (Å²) >= 11 is 5.66. The normalized spacial score (nSPS) is 10.1. The zero-order valence-electron chi connectivity index (χ0n) is 12.2. The highest BCUT2D eigenvalue weighted by atomic mass is 35.5. The molecule has 0 aliphatic carbocycles. The number of carbonyl (C=O) groups excluding carboxylic acids is 1. The van der Waals surface area contributed by atoms with Crippen LogP contribution in [0.15, 0.2) is 47.7 Å². The van der Waals surface area contributed by atoms with Crippen molar-refractivity contribution in [1.29, 1.82) is 0 Å². The number of hydrogen-bond donors (Lipinski definition) is 1. The molecule has 0 spiro atoms. The molecule has 2 rings (SSSR count). The third kappa shape index (κ3) is 4.83. The summed E-state index contributed by atoms with van der Waals surface area (Å²) in [5.74, 6) is -0.333. The van der Waals surface area contributed by atoms with E-state index in [1.54, 1.807) is 18.3 Å². The van der Waals surface area contributed by atoms with Crippen LogP contribution in [0.2, 0.25) is 5.15 Å². The molecular formula is C15H17ClN4O2. The Balaban J connectivity index is 0.00000242. The SMILES string of the molecule is CN(C)c1ccc(/C=N/NC(=O)c2ccc(Cl)nc2)cc1.O. The van der Waals surface area contributed by atoms with E-state index >= 15 is 0 Å². The van der Waals surface area contributed by atoms with Gasteiger partial charge in [-0.05, 0) is 29.8 Å². The summed E-state index contributed by atoms with van der Waals surface area (Å²) in [5, 5.41) is 4.26. The molecule has 0 saturated carbocycles. The molecule has 3 N–H and O–H groups in total. The highest BCUT2D eigenvalue weighted by molar-refractivity contribution is 6.29. The molecule has 2 aromatic rings. The van der Waals surface area contributed by atoms with Crippen molar-refractivity contribution in [3.05, 3.63) is 58.9 Å². The summed E-state index contributed by atoms with van der Waals surface area (Å²) in [4.78, 5) is 17.6. The molecule has 1 heterocycles. The van der Waals surface area contributed by atoms with Gasteiger partial charge in [-0.3, -0.25) is 4.79 Å². The van der Waals surface area contributed by atoms with Crippen LogP contribution in [-0.4, -0.2) is 36.7 Å². The van der Waals surface area contributed by atoms with E-state index in [2.05, 4.69) is 15.5 Å². The van der Waals surface area contributed by atoms with Gasteiger partial charge in [-0.25, -0.2) is 10.4 Å². The Bertz CT molecular complexity index is 640. The second-order valence-electron chi connectivity index (χ2n) is 4.55. The maximum atomic E-state index is 11.8. The zero-order valence-corrected chi connectivity index (χ0v) is 13.0. The maximum Gasteiger partial charge on any atom is 0.272 e. The molecule has 1 amide bonds. The molecule has 1 aromatic heterocycles. The van der Waals surface area contributed by atoms with Crippen LogP contribution in [0.4, 0.5) is 5.69 Å². The fourth-order valence-corrected chi connectivity index (χ4v) is 1.71. The molecule has 7 heteroatoms. The van der Waals surface area contributed by atoms with Gasteiger partial charge in [0.15, 0.2) is 0 Å². The quantitative estimate of drug-likeness (QED) is 0.528. The number of nitrogens with one attached hydrogen (secondary N) is 1. The summed E-state index contributed by atoms with van der Waals surface area (Å²) in [5.41, 5.74) is 4.84. The van der Waals surface area contributed by atoms with Crippen LogP contribution in [-0.2, 0) is 0 Å². The Hall–Kier alpha value is -2.44. The van der Waals surface area contributed by atoms with Crippen LogP contribution >= 0.6 is 11.6 Å². The number of rotatable bonds is 4. The van der Waals surface area contributed by atoms with Crippen molar-refractivity contribution in [2.75, 3.05) is 19.0 Å². The number of hydrogen-bond acceptors (Lipinski definition) is 4. The fraction of sp³-hybridized carbons (Fsp3) is 0.133. The van der Waals surface area contributed by atoms with Crippen molar-refractivity contribution in [2.45, 2.75) is 0 Å². The van der Waals surface area contributed by atoms with Crippen molar-refractivity contribution in [2.24, 2.45) is 5.10 Å². The molecule has 0 atom stereocenters. The maximum absolute atomic E-state index is 11.8. The van der Waals surface area contributed by atoms with E-state index in [-0.39, 0.29) is 11.4 Å². The molecule has 0 saturated heterocycles. The van der Waals surface area contributed by atoms with Gasteiger partial charge >= 0.3 is 0 Å². The number of hydrazone groups is 1. The lowest BCUT2D eigenvalue weighted by Gasteiger charge is -2.11. The first-order valence-corrected chi connectivity index (χ1v) is 6.66. The number of aromatic nitrogens is 1. The molecule has 1 aromatic carbocycles. The second kappa shape index (κ2) is 8.11. The summed E-state index contributed by atoms with van der Waals surface area (Å²) in [6.45, 7) is 0. The Labute approximate surface area is 133 Å². The van der Waals surface area contributed by atoms with Gasteiger partial charge in [0.05, 0.1) is 11.8 Å². The van der Waals surface area contributed by atoms with Gasteiger partial charge in [0.2, 0.25) is 0 Å². The monoisotopic (exact) mass is 320 g/mol. The molecule has 0 aliphatic rings. The van der Waals surface area contributed by atoms with Gasteiger partial charge < -0.3 is 10.4 Å². The largest absolute Gasteiger partial charge is 0.412 e. The van der Waals surface area contributed by atoms with Crippen LogP contribution in [0.3, 0.4) is 0 Å². The number of anilines is 1. The molecular weight excluding hydrogens is 304 g/mol. The van der Waals surface area contributed by atoms with Crippen LogP contribution in [0.1, 0.15) is 15.9 Å². The van der Waals surface area contributed by atoms with E-state index in [4.69, 9.17) is 11.6 Å². The predicted molar refractivity (Wildman–Crippen MR) is 88.7 cm³/mol. The Morgan fingerprint density at radius 1 is 1.23 bits per heavy atom. The molecule has 0 unspecified atom stereocenters. The van der Waals surface area contributed by atoms with Crippen molar-refractivity contribution in [3.63, 3.8) is 0 Å². The average Bonchev–Trinajstić information content (AvgIpc) is 2.48. The molecule has 22 heavy (non-hydrogen) atoms. The minimum Gasteiger partial charge on any atom is -0.412 e. The number of amides is 1. The summed E-state index contributed by atoms with van der Waals surface area (Å²) in [7, 11) is 3.95. The standard InChI is InChI=1S/C15H15ClN4O.H2O/c1-20(2)13-6-3-11(4-7-13)9-18-19-15(21)12-5-8-14(16)17-10-12;/h3-10H,1-2H3,(H,19,21);1H2/b18-9+;. The minimum atomic E-state index is -0.333. The number of carbonyl (C=O) groups is 1.